The van der Waals surface area contributed by atoms with Crippen LogP contribution in [0.3, 0.4) is 0 Å². The first kappa shape index (κ1) is 12.8. The predicted octanol–water partition coefficient (Wildman–Crippen LogP) is 0.995. The topological polar surface area (TPSA) is 66.1 Å². The van der Waals surface area contributed by atoms with Gasteiger partial charge in [0.25, 0.3) is 5.91 Å². The number of hydrogen-bond acceptors (Lipinski definition) is 4. The Morgan fingerprint density at radius 2 is 2.50 bits per heavy atom. The number of pyridine rings is 1. The summed E-state index contributed by atoms with van der Waals surface area (Å²) in [7, 11) is 1.61. The van der Waals surface area contributed by atoms with Gasteiger partial charge in [0, 0.05) is 31.5 Å². The second-order valence-corrected chi connectivity index (χ2v) is 4.52. The third-order valence-electron chi connectivity index (χ3n) is 3.20. The predicted molar refractivity (Wildman–Crippen MR) is 71.8 cm³/mol. The molecular weight excluding hydrogens is 228 g/mol. The van der Waals surface area contributed by atoms with Gasteiger partial charge in [-0.05, 0) is 37.9 Å². The molecule has 1 aromatic heterocycles. The summed E-state index contributed by atoms with van der Waals surface area (Å²) in [6.45, 7) is 2.05. The molecule has 3 N–H and O–H groups in total. The Morgan fingerprint density at radius 1 is 1.61 bits per heavy atom. The minimum Gasteiger partial charge on any atom is -0.385 e. The summed E-state index contributed by atoms with van der Waals surface area (Å²) < 4.78 is 0. The van der Waals surface area contributed by atoms with Crippen molar-refractivity contribution in [3.05, 3.63) is 24.0 Å². The Balaban J connectivity index is 1.83. The van der Waals surface area contributed by atoms with Crippen molar-refractivity contribution in [3.63, 3.8) is 0 Å². The molecule has 1 aliphatic heterocycles. The van der Waals surface area contributed by atoms with Crippen molar-refractivity contribution in [1.82, 2.24) is 15.6 Å². The molecular formula is C13H20N4O. The fraction of sp³-hybridized carbons (Fsp3) is 0.538. The molecule has 0 spiro atoms. The van der Waals surface area contributed by atoms with Gasteiger partial charge in [-0.25, -0.2) is 0 Å². The Labute approximate surface area is 107 Å². The number of rotatable bonds is 5. The van der Waals surface area contributed by atoms with Crippen molar-refractivity contribution in [2.24, 2.45) is 0 Å². The molecule has 2 heterocycles. The number of carbonyl (C=O) groups excluding carboxylic acids is 1. The molecule has 2 rings (SSSR count). The highest BCUT2D eigenvalue weighted by Gasteiger charge is 2.13. The lowest BCUT2D eigenvalue weighted by Gasteiger charge is -2.11. The first-order chi connectivity index (χ1) is 8.79. The van der Waals surface area contributed by atoms with E-state index in [0.29, 0.717) is 11.7 Å². The molecule has 0 saturated carbocycles. The molecule has 18 heavy (non-hydrogen) atoms. The second kappa shape index (κ2) is 6.35. The lowest BCUT2D eigenvalue weighted by molar-refractivity contribution is 0.0958. The zero-order valence-corrected chi connectivity index (χ0v) is 10.7. The Hall–Kier alpha value is -1.62. The van der Waals surface area contributed by atoms with Gasteiger partial charge in [0.1, 0.15) is 5.69 Å². The van der Waals surface area contributed by atoms with Crippen molar-refractivity contribution in [3.8, 4) is 0 Å². The van der Waals surface area contributed by atoms with Crippen molar-refractivity contribution in [2.75, 3.05) is 25.5 Å². The molecule has 1 fully saturated rings. The van der Waals surface area contributed by atoms with Crippen LogP contribution in [0.1, 0.15) is 29.8 Å². The molecule has 1 amide bonds. The monoisotopic (exact) mass is 248 g/mol. The fourth-order valence-corrected chi connectivity index (χ4v) is 2.19. The lowest BCUT2D eigenvalue weighted by atomic mass is 10.1. The molecule has 1 aromatic rings. The molecule has 1 atom stereocenters. The maximum Gasteiger partial charge on any atom is 0.269 e. The third-order valence-corrected chi connectivity index (χ3v) is 3.20. The van der Waals surface area contributed by atoms with E-state index in [1.807, 2.05) is 6.07 Å². The fourth-order valence-electron chi connectivity index (χ4n) is 2.19. The van der Waals surface area contributed by atoms with E-state index in [1.165, 1.54) is 12.8 Å². The van der Waals surface area contributed by atoms with Gasteiger partial charge in [-0.3, -0.25) is 9.78 Å². The standard InChI is InChI=1S/C13H20N4O/c1-14-13(18)12-9-11(5-8-17-12)16-7-4-10-3-2-6-15-10/h5,8-10,15H,2-4,6-7H2,1H3,(H,14,18)(H,16,17). The maximum atomic E-state index is 11.4. The molecule has 1 saturated heterocycles. The molecule has 1 unspecified atom stereocenters. The van der Waals surface area contributed by atoms with Gasteiger partial charge in [-0.2, -0.15) is 0 Å². The zero-order chi connectivity index (χ0) is 12.8. The van der Waals surface area contributed by atoms with Crippen LogP contribution >= 0.6 is 0 Å². The van der Waals surface area contributed by atoms with Crippen LogP contribution in [-0.2, 0) is 0 Å². The van der Waals surface area contributed by atoms with Crippen LogP contribution in [0.2, 0.25) is 0 Å². The van der Waals surface area contributed by atoms with Crippen LogP contribution in [0.5, 0.6) is 0 Å². The van der Waals surface area contributed by atoms with Gasteiger partial charge in [0.2, 0.25) is 0 Å². The number of carbonyl (C=O) groups is 1. The van der Waals surface area contributed by atoms with Crippen molar-refractivity contribution in [2.45, 2.75) is 25.3 Å². The van der Waals surface area contributed by atoms with Crippen LogP contribution in [0.25, 0.3) is 0 Å². The van der Waals surface area contributed by atoms with Gasteiger partial charge in [-0.15, -0.1) is 0 Å². The van der Waals surface area contributed by atoms with E-state index < -0.39 is 0 Å². The van der Waals surface area contributed by atoms with Crippen molar-refractivity contribution >= 4 is 11.6 Å². The quantitative estimate of drug-likeness (QED) is 0.727. The summed E-state index contributed by atoms with van der Waals surface area (Å²) in [5, 5.41) is 9.37. The summed E-state index contributed by atoms with van der Waals surface area (Å²) in [6.07, 6.45) is 5.31. The van der Waals surface area contributed by atoms with Gasteiger partial charge in [0.05, 0.1) is 0 Å². The average Bonchev–Trinajstić information content (AvgIpc) is 2.91. The molecule has 5 nitrogen and oxygen atoms in total. The van der Waals surface area contributed by atoms with Gasteiger partial charge in [-0.1, -0.05) is 0 Å². The lowest BCUT2D eigenvalue weighted by Crippen LogP contribution is -2.24. The Bertz CT molecular complexity index is 402. The number of hydrogen-bond donors (Lipinski definition) is 3. The summed E-state index contributed by atoms with van der Waals surface area (Å²) in [6, 6.07) is 4.30. The first-order valence-electron chi connectivity index (χ1n) is 6.45. The molecule has 5 heteroatoms. The molecule has 98 valence electrons. The number of nitrogens with one attached hydrogen (secondary N) is 3. The smallest absolute Gasteiger partial charge is 0.269 e. The average molecular weight is 248 g/mol. The van der Waals surface area contributed by atoms with E-state index in [9.17, 15) is 4.79 Å². The number of aromatic nitrogens is 1. The molecule has 1 aliphatic rings. The van der Waals surface area contributed by atoms with Crippen molar-refractivity contribution < 1.29 is 4.79 Å². The highest BCUT2D eigenvalue weighted by molar-refractivity contribution is 5.92. The maximum absolute atomic E-state index is 11.4. The minimum absolute atomic E-state index is 0.156. The van der Waals surface area contributed by atoms with Crippen LogP contribution in [0, 0.1) is 0 Å². The number of amides is 1. The van der Waals surface area contributed by atoms with Gasteiger partial charge < -0.3 is 16.0 Å². The summed E-state index contributed by atoms with van der Waals surface area (Å²) in [5.41, 5.74) is 1.39. The Kier molecular flexibility index (Phi) is 4.52. The molecule has 0 aromatic carbocycles. The van der Waals surface area contributed by atoms with Crippen LogP contribution in [0.4, 0.5) is 5.69 Å². The van der Waals surface area contributed by atoms with E-state index >= 15 is 0 Å². The van der Waals surface area contributed by atoms with Gasteiger partial charge >= 0.3 is 0 Å². The molecule has 0 bridgehead atoms. The summed E-state index contributed by atoms with van der Waals surface area (Å²) in [4.78, 5) is 15.5. The Morgan fingerprint density at radius 3 is 3.22 bits per heavy atom. The largest absolute Gasteiger partial charge is 0.385 e. The van der Waals surface area contributed by atoms with E-state index in [4.69, 9.17) is 0 Å². The third kappa shape index (κ3) is 3.43. The van der Waals surface area contributed by atoms with E-state index in [0.717, 1.165) is 25.2 Å². The van der Waals surface area contributed by atoms with E-state index in [-0.39, 0.29) is 5.91 Å². The second-order valence-electron chi connectivity index (χ2n) is 4.52. The minimum atomic E-state index is -0.156. The zero-order valence-electron chi connectivity index (χ0n) is 10.7. The normalized spacial score (nSPS) is 18.6. The van der Waals surface area contributed by atoms with Crippen molar-refractivity contribution in [1.29, 1.82) is 0 Å². The van der Waals surface area contributed by atoms with E-state index in [1.54, 1.807) is 19.3 Å². The number of nitrogens with zero attached hydrogens (tertiary/aromatic N) is 1. The molecule has 0 aliphatic carbocycles. The SMILES string of the molecule is CNC(=O)c1cc(NCCC2CCCN2)ccn1. The molecule has 0 radical (unpaired) electrons. The van der Waals surface area contributed by atoms with Crippen LogP contribution in [-0.4, -0.2) is 37.1 Å². The first-order valence-corrected chi connectivity index (χ1v) is 6.45. The number of anilines is 1. The van der Waals surface area contributed by atoms with E-state index in [2.05, 4.69) is 20.9 Å². The summed E-state index contributed by atoms with van der Waals surface area (Å²) >= 11 is 0. The summed E-state index contributed by atoms with van der Waals surface area (Å²) in [5.74, 6) is -0.156. The van der Waals surface area contributed by atoms with Crippen LogP contribution < -0.4 is 16.0 Å². The highest BCUT2D eigenvalue weighted by atomic mass is 16.1. The van der Waals surface area contributed by atoms with Crippen LogP contribution in [0.15, 0.2) is 18.3 Å². The van der Waals surface area contributed by atoms with Gasteiger partial charge in [0.15, 0.2) is 0 Å². The highest BCUT2D eigenvalue weighted by Crippen LogP contribution is 2.11.